The molecule has 4 nitrogen and oxygen atoms in total. The van der Waals surface area contributed by atoms with E-state index in [0.717, 1.165) is 24.3 Å². The van der Waals surface area contributed by atoms with Crippen LogP contribution in [0.1, 0.15) is 19.4 Å². The molecule has 0 radical (unpaired) electrons. The van der Waals surface area contributed by atoms with E-state index in [0.29, 0.717) is 5.57 Å². The average molecular weight is 336 g/mol. The molecule has 0 heterocycles. The Labute approximate surface area is 126 Å². The first-order chi connectivity index (χ1) is 10.0. The summed E-state index contributed by atoms with van der Waals surface area (Å²) in [4.78, 5) is 10.4. The Balaban J connectivity index is 2.84. The van der Waals surface area contributed by atoms with E-state index in [9.17, 15) is 26.4 Å². The van der Waals surface area contributed by atoms with E-state index in [4.69, 9.17) is 0 Å². The average Bonchev–Trinajstić information content (AvgIpc) is 2.36. The minimum atomic E-state index is -4.51. The highest BCUT2D eigenvalue weighted by Gasteiger charge is 2.30. The fourth-order valence-electron chi connectivity index (χ4n) is 1.59. The van der Waals surface area contributed by atoms with Gasteiger partial charge >= 0.3 is 12.1 Å². The zero-order valence-corrected chi connectivity index (χ0v) is 12.8. The fraction of sp³-hybridized carbons (Fsp3) is 0.357. The van der Waals surface area contributed by atoms with E-state index in [1.54, 1.807) is 0 Å². The molecule has 122 valence electrons. The lowest BCUT2D eigenvalue weighted by atomic mass is 10.2. The predicted octanol–water partition coefficient (Wildman–Crippen LogP) is 2.99. The summed E-state index contributed by atoms with van der Waals surface area (Å²) in [5, 5.41) is 0. The van der Waals surface area contributed by atoms with Crippen molar-refractivity contribution in [1.82, 2.24) is 0 Å². The SMILES string of the molecule is CC(=O)OCC=C(C)CS(=O)(=O)c1ccc(C(F)(F)F)cc1. The quantitative estimate of drug-likeness (QED) is 0.613. The van der Waals surface area contributed by atoms with Gasteiger partial charge in [-0.25, -0.2) is 8.42 Å². The van der Waals surface area contributed by atoms with Crippen molar-refractivity contribution in [3.05, 3.63) is 41.5 Å². The molecule has 1 aromatic rings. The third-order valence-electron chi connectivity index (χ3n) is 2.68. The van der Waals surface area contributed by atoms with Crippen LogP contribution in [0, 0.1) is 0 Å². The molecule has 0 aromatic heterocycles. The number of hydrogen-bond acceptors (Lipinski definition) is 4. The van der Waals surface area contributed by atoms with Crippen molar-refractivity contribution in [2.75, 3.05) is 12.4 Å². The molecule has 8 heteroatoms. The number of esters is 1. The summed E-state index contributed by atoms with van der Waals surface area (Å²) >= 11 is 0. The van der Waals surface area contributed by atoms with Crippen molar-refractivity contribution in [2.45, 2.75) is 24.9 Å². The highest BCUT2D eigenvalue weighted by Crippen LogP contribution is 2.30. The third kappa shape index (κ3) is 5.51. The summed E-state index contributed by atoms with van der Waals surface area (Å²) in [7, 11) is -3.75. The van der Waals surface area contributed by atoms with Crippen LogP contribution < -0.4 is 0 Å². The summed E-state index contributed by atoms with van der Waals surface area (Å²) in [5.41, 5.74) is -0.477. The largest absolute Gasteiger partial charge is 0.462 e. The minimum Gasteiger partial charge on any atom is -0.462 e. The molecule has 0 saturated carbocycles. The first kappa shape index (κ1) is 18.2. The number of carbonyl (C=O) groups excluding carboxylic acids is 1. The van der Waals surface area contributed by atoms with Crippen molar-refractivity contribution in [2.24, 2.45) is 0 Å². The van der Waals surface area contributed by atoms with Gasteiger partial charge in [-0.05, 0) is 37.3 Å². The van der Waals surface area contributed by atoms with Crippen molar-refractivity contribution in [3.8, 4) is 0 Å². The standard InChI is InChI=1S/C14H15F3O4S/c1-10(7-8-21-11(2)18)9-22(19,20)13-5-3-12(4-6-13)14(15,16)17/h3-7H,8-9H2,1-2H3. The Morgan fingerprint density at radius 1 is 1.18 bits per heavy atom. The van der Waals surface area contributed by atoms with Gasteiger partial charge in [0.05, 0.1) is 16.2 Å². The number of ether oxygens (including phenoxy) is 1. The molecule has 0 N–H and O–H groups in total. The van der Waals surface area contributed by atoms with Crippen molar-refractivity contribution in [3.63, 3.8) is 0 Å². The van der Waals surface area contributed by atoms with Gasteiger partial charge in [0.1, 0.15) is 6.61 Å². The summed E-state index contributed by atoms with van der Waals surface area (Å²) < 4.78 is 66.1. The molecule has 0 atom stereocenters. The second-order valence-electron chi connectivity index (χ2n) is 4.63. The summed E-state index contributed by atoms with van der Waals surface area (Å²) in [6.07, 6.45) is -3.08. The highest BCUT2D eigenvalue weighted by molar-refractivity contribution is 7.91. The summed E-state index contributed by atoms with van der Waals surface area (Å²) in [5.74, 6) is -0.853. The van der Waals surface area contributed by atoms with Gasteiger partial charge in [-0.2, -0.15) is 13.2 Å². The molecule has 0 bridgehead atoms. The van der Waals surface area contributed by atoms with Gasteiger partial charge < -0.3 is 4.74 Å². The predicted molar refractivity (Wildman–Crippen MR) is 73.9 cm³/mol. The minimum absolute atomic E-state index is 0.0519. The van der Waals surface area contributed by atoms with Gasteiger partial charge in [-0.1, -0.05) is 5.57 Å². The Bertz CT molecular complexity index is 658. The van der Waals surface area contributed by atoms with Crippen LogP contribution in [-0.4, -0.2) is 26.7 Å². The van der Waals surface area contributed by atoms with Crippen molar-refractivity contribution >= 4 is 15.8 Å². The maximum absolute atomic E-state index is 12.4. The van der Waals surface area contributed by atoms with E-state index in [1.165, 1.54) is 19.9 Å². The summed E-state index contributed by atoms with van der Waals surface area (Å²) in [6.45, 7) is 2.71. The number of carbonyl (C=O) groups is 1. The molecule has 0 aliphatic carbocycles. The number of hydrogen-bond donors (Lipinski definition) is 0. The lowest BCUT2D eigenvalue weighted by Crippen LogP contribution is -2.10. The number of rotatable bonds is 5. The highest BCUT2D eigenvalue weighted by atomic mass is 32.2. The number of alkyl halides is 3. The van der Waals surface area contributed by atoms with Crippen LogP contribution in [0.15, 0.2) is 40.8 Å². The molecule has 0 unspecified atom stereocenters. The Hall–Kier alpha value is -1.83. The van der Waals surface area contributed by atoms with Crippen molar-refractivity contribution < 1.29 is 31.1 Å². The van der Waals surface area contributed by atoms with Gasteiger partial charge in [-0.15, -0.1) is 0 Å². The van der Waals surface area contributed by atoms with Crippen LogP contribution in [0.4, 0.5) is 13.2 Å². The number of benzene rings is 1. The third-order valence-corrected chi connectivity index (χ3v) is 4.50. The van der Waals surface area contributed by atoms with Crippen LogP contribution in [0.2, 0.25) is 0 Å². The molecule has 1 rings (SSSR count). The zero-order valence-electron chi connectivity index (χ0n) is 12.0. The van der Waals surface area contributed by atoms with Gasteiger partial charge in [0.15, 0.2) is 9.84 Å². The molecular formula is C14H15F3O4S. The van der Waals surface area contributed by atoms with E-state index in [1.807, 2.05) is 0 Å². The van der Waals surface area contributed by atoms with Crippen LogP contribution >= 0.6 is 0 Å². The van der Waals surface area contributed by atoms with Crippen molar-refractivity contribution in [1.29, 1.82) is 0 Å². The number of sulfone groups is 1. The van der Waals surface area contributed by atoms with Crippen LogP contribution in [-0.2, 0) is 25.5 Å². The maximum atomic E-state index is 12.4. The van der Waals surface area contributed by atoms with Gasteiger partial charge in [-0.3, -0.25) is 4.79 Å². The van der Waals surface area contributed by atoms with Gasteiger partial charge in [0.2, 0.25) is 0 Å². The Kier molecular flexibility index (Phi) is 5.76. The molecular weight excluding hydrogens is 321 g/mol. The second-order valence-corrected chi connectivity index (χ2v) is 6.62. The lowest BCUT2D eigenvalue weighted by Gasteiger charge is -2.09. The zero-order chi connectivity index (χ0) is 17.0. The molecule has 0 amide bonds. The van der Waals surface area contributed by atoms with Crippen LogP contribution in [0.3, 0.4) is 0 Å². The summed E-state index contributed by atoms with van der Waals surface area (Å²) in [6, 6.07) is 3.31. The topological polar surface area (TPSA) is 60.4 Å². The molecule has 1 aromatic carbocycles. The van der Waals surface area contributed by atoms with Crippen LogP contribution in [0.25, 0.3) is 0 Å². The fourth-order valence-corrected chi connectivity index (χ4v) is 3.03. The first-order valence-corrected chi connectivity index (χ1v) is 7.86. The molecule has 0 saturated heterocycles. The monoisotopic (exact) mass is 336 g/mol. The molecule has 22 heavy (non-hydrogen) atoms. The first-order valence-electron chi connectivity index (χ1n) is 6.21. The normalized spacial score (nSPS) is 13.0. The lowest BCUT2D eigenvalue weighted by molar-refractivity contribution is -0.140. The second kappa shape index (κ2) is 6.95. The smallest absolute Gasteiger partial charge is 0.416 e. The molecule has 0 spiro atoms. The Morgan fingerprint density at radius 3 is 2.18 bits per heavy atom. The van der Waals surface area contributed by atoms with E-state index < -0.39 is 27.5 Å². The molecule has 0 aliphatic heterocycles. The molecule has 0 aliphatic rings. The van der Waals surface area contributed by atoms with Crippen LogP contribution in [0.5, 0.6) is 0 Å². The Morgan fingerprint density at radius 2 is 1.73 bits per heavy atom. The van der Waals surface area contributed by atoms with E-state index >= 15 is 0 Å². The van der Waals surface area contributed by atoms with E-state index in [-0.39, 0.29) is 17.3 Å². The number of halogens is 3. The van der Waals surface area contributed by atoms with E-state index in [2.05, 4.69) is 4.74 Å². The maximum Gasteiger partial charge on any atom is 0.416 e. The molecule has 0 fully saturated rings. The van der Waals surface area contributed by atoms with Gasteiger partial charge in [0, 0.05) is 6.92 Å². The van der Waals surface area contributed by atoms with Gasteiger partial charge in [0.25, 0.3) is 0 Å².